The van der Waals surface area contributed by atoms with Crippen molar-refractivity contribution in [2.24, 2.45) is 11.1 Å². The van der Waals surface area contributed by atoms with Gasteiger partial charge in [0.2, 0.25) is 0 Å². The summed E-state index contributed by atoms with van der Waals surface area (Å²) in [7, 11) is 0. The van der Waals surface area contributed by atoms with Crippen molar-refractivity contribution >= 4 is 0 Å². The van der Waals surface area contributed by atoms with Gasteiger partial charge in [-0.15, -0.1) is 0 Å². The van der Waals surface area contributed by atoms with Crippen LogP contribution in [0.2, 0.25) is 0 Å². The van der Waals surface area contributed by atoms with Gasteiger partial charge in [0.1, 0.15) is 0 Å². The van der Waals surface area contributed by atoms with Crippen LogP contribution in [0.25, 0.3) is 0 Å². The number of ether oxygens (including phenoxy) is 2. The summed E-state index contributed by atoms with van der Waals surface area (Å²) in [6.45, 7) is 11.1. The molecule has 2 aliphatic heterocycles. The fourth-order valence-electron chi connectivity index (χ4n) is 3.01. The zero-order valence-electron chi connectivity index (χ0n) is 11.4. The molecule has 0 amide bonds. The summed E-state index contributed by atoms with van der Waals surface area (Å²) in [5.41, 5.74) is 6.16. The van der Waals surface area contributed by atoms with Gasteiger partial charge in [-0.25, -0.2) is 0 Å². The van der Waals surface area contributed by atoms with E-state index < -0.39 is 0 Å². The third-order valence-corrected chi connectivity index (χ3v) is 4.04. The van der Waals surface area contributed by atoms with E-state index in [4.69, 9.17) is 15.2 Å². The Bertz CT molecular complexity index is 247. The Morgan fingerprint density at radius 1 is 1.18 bits per heavy atom. The second-order valence-electron chi connectivity index (χ2n) is 6.26. The Morgan fingerprint density at radius 3 is 2.12 bits per heavy atom. The zero-order valence-corrected chi connectivity index (χ0v) is 11.4. The van der Waals surface area contributed by atoms with Gasteiger partial charge in [0.05, 0.1) is 13.2 Å². The van der Waals surface area contributed by atoms with E-state index in [0.29, 0.717) is 6.04 Å². The van der Waals surface area contributed by atoms with Crippen LogP contribution in [0, 0.1) is 5.41 Å². The molecule has 2 N–H and O–H groups in total. The predicted octanol–water partition coefficient (Wildman–Crippen LogP) is 1.20. The smallest absolute Gasteiger partial charge is 0.170 e. The summed E-state index contributed by atoms with van der Waals surface area (Å²) in [4.78, 5) is 2.50. The van der Waals surface area contributed by atoms with Gasteiger partial charge in [-0.2, -0.15) is 0 Å². The number of piperidine rings is 1. The Labute approximate surface area is 104 Å². The molecule has 4 nitrogen and oxygen atoms in total. The Balaban J connectivity index is 1.93. The molecule has 2 fully saturated rings. The molecule has 0 aromatic heterocycles. The van der Waals surface area contributed by atoms with Crippen LogP contribution in [0.15, 0.2) is 0 Å². The minimum atomic E-state index is -0.270. The number of likely N-dealkylation sites (tertiary alicyclic amines) is 1. The van der Waals surface area contributed by atoms with Crippen molar-refractivity contribution < 1.29 is 9.47 Å². The molecule has 2 rings (SSSR count). The van der Waals surface area contributed by atoms with Crippen molar-refractivity contribution in [2.75, 3.05) is 32.8 Å². The standard InChI is InChI=1S/C13H26N2O2/c1-12(2,3)11(10-14)15-6-4-13(5-7-15)16-8-9-17-13/h11H,4-10,14H2,1-3H3. The van der Waals surface area contributed by atoms with Crippen molar-refractivity contribution in [3.63, 3.8) is 0 Å². The molecule has 0 aromatic rings. The number of hydrogen-bond acceptors (Lipinski definition) is 4. The summed E-state index contributed by atoms with van der Waals surface area (Å²) in [6.07, 6.45) is 1.94. The second-order valence-corrected chi connectivity index (χ2v) is 6.26. The van der Waals surface area contributed by atoms with Crippen LogP contribution < -0.4 is 5.73 Å². The van der Waals surface area contributed by atoms with Gasteiger partial charge in [-0.3, -0.25) is 4.90 Å². The quantitative estimate of drug-likeness (QED) is 0.790. The molecule has 1 spiro atoms. The first kappa shape index (κ1) is 13.3. The molecular weight excluding hydrogens is 216 g/mol. The molecular formula is C13H26N2O2. The second kappa shape index (κ2) is 4.84. The fourth-order valence-corrected chi connectivity index (χ4v) is 3.01. The minimum absolute atomic E-state index is 0.233. The van der Waals surface area contributed by atoms with Crippen LogP contribution in [0.4, 0.5) is 0 Å². The topological polar surface area (TPSA) is 47.7 Å². The molecule has 0 aliphatic carbocycles. The Hall–Kier alpha value is -0.160. The van der Waals surface area contributed by atoms with Gasteiger partial charge in [0.15, 0.2) is 5.79 Å². The zero-order chi connectivity index (χ0) is 12.5. The van der Waals surface area contributed by atoms with Gasteiger partial charge in [-0.05, 0) is 5.41 Å². The summed E-state index contributed by atoms with van der Waals surface area (Å²) >= 11 is 0. The van der Waals surface area contributed by atoms with Gasteiger partial charge in [0, 0.05) is 38.5 Å². The lowest BCUT2D eigenvalue weighted by molar-refractivity contribution is -0.190. The molecule has 1 atom stereocenters. The minimum Gasteiger partial charge on any atom is -0.347 e. The third kappa shape index (κ3) is 2.81. The number of rotatable bonds is 2. The van der Waals surface area contributed by atoms with Crippen molar-refractivity contribution in [3.05, 3.63) is 0 Å². The van der Waals surface area contributed by atoms with Gasteiger partial charge in [-0.1, -0.05) is 20.8 Å². The molecule has 2 saturated heterocycles. The van der Waals surface area contributed by atoms with Crippen LogP contribution >= 0.6 is 0 Å². The average molecular weight is 242 g/mol. The lowest BCUT2D eigenvalue weighted by atomic mass is 9.84. The first-order valence-electron chi connectivity index (χ1n) is 6.69. The molecule has 2 aliphatic rings. The monoisotopic (exact) mass is 242 g/mol. The Kier molecular flexibility index (Phi) is 3.78. The molecule has 1 unspecified atom stereocenters. The van der Waals surface area contributed by atoms with Gasteiger partial charge >= 0.3 is 0 Å². The molecule has 0 bridgehead atoms. The highest BCUT2D eigenvalue weighted by atomic mass is 16.7. The van der Waals surface area contributed by atoms with Crippen molar-refractivity contribution in [3.8, 4) is 0 Å². The molecule has 17 heavy (non-hydrogen) atoms. The van der Waals surface area contributed by atoms with Crippen LogP contribution in [0.1, 0.15) is 33.6 Å². The van der Waals surface area contributed by atoms with Gasteiger partial charge < -0.3 is 15.2 Å². The number of hydrogen-bond donors (Lipinski definition) is 1. The number of nitrogens with zero attached hydrogens (tertiary/aromatic N) is 1. The highest BCUT2D eigenvalue weighted by Crippen LogP contribution is 2.34. The van der Waals surface area contributed by atoms with E-state index in [2.05, 4.69) is 25.7 Å². The summed E-state index contributed by atoms with van der Waals surface area (Å²) in [6, 6.07) is 0.446. The maximum atomic E-state index is 5.93. The van der Waals surface area contributed by atoms with E-state index in [-0.39, 0.29) is 11.2 Å². The first-order chi connectivity index (χ1) is 7.97. The summed E-state index contributed by atoms with van der Waals surface area (Å²) in [5, 5.41) is 0. The molecule has 4 heteroatoms. The first-order valence-corrected chi connectivity index (χ1v) is 6.69. The van der Waals surface area contributed by atoms with Crippen LogP contribution in [-0.4, -0.2) is 49.6 Å². The molecule has 100 valence electrons. The number of nitrogens with two attached hydrogens (primary N) is 1. The lowest BCUT2D eigenvalue weighted by Gasteiger charge is -2.45. The van der Waals surface area contributed by atoms with Crippen molar-refractivity contribution in [1.82, 2.24) is 4.90 Å². The fraction of sp³-hybridized carbons (Fsp3) is 1.00. The lowest BCUT2D eigenvalue weighted by Crippen LogP contribution is -2.55. The summed E-state index contributed by atoms with van der Waals surface area (Å²) < 4.78 is 11.5. The van der Waals surface area contributed by atoms with E-state index in [1.165, 1.54) is 0 Å². The largest absolute Gasteiger partial charge is 0.347 e. The Morgan fingerprint density at radius 2 is 1.71 bits per heavy atom. The molecule has 0 aromatic carbocycles. The van der Waals surface area contributed by atoms with Gasteiger partial charge in [0.25, 0.3) is 0 Å². The van der Waals surface area contributed by atoms with Crippen LogP contribution in [-0.2, 0) is 9.47 Å². The molecule has 0 saturated carbocycles. The van der Waals surface area contributed by atoms with E-state index >= 15 is 0 Å². The van der Waals surface area contributed by atoms with E-state index in [1.807, 2.05) is 0 Å². The third-order valence-electron chi connectivity index (χ3n) is 4.04. The molecule has 0 radical (unpaired) electrons. The van der Waals surface area contributed by atoms with Crippen molar-refractivity contribution in [1.29, 1.82) is 0 Å². The normalized spacial score (nSPS) is 27.5. The van der Waals surface area contributed by atoms with Crippen molar-refractivity contribution in [2.45, 2.75) is 45.4 Å². The maximum absolute atomic E-state index is 5.93. The predicted molar refractivity (Wildman–Crippen MR) is 67.7 cm³/mol. The highest BCUT2D eigenvalue weighted by Gasteiger charge is 2.42. The van der Waals surface area contributed by atoms with Crippen LogP contribution in [0.5, 0.6) is 0 Å². The van der Waals surface area contributed by atoms with E-state index in [9.17, 15) is 0 Å². The summed E-state index contributed by atoms with van der Waals surface area (Å²) in [5.74, 6) is -0.270. The average Bonchev–Trinajstić information content (AvgIpc) is 2.69. The molecule has 2 heterocycles. The van der Waals surface area contributed by atoms with E-state index in [0.717, 1.165) is 45.7 Å². The maximum Gasteiger partial charge on any atom is 0.170 e. The highest BCUT2D eigenvalue weighted by molar-refractivity contribution is 4.90. The van der Waals surface area contributed by atoms with E-state index in [1.54, 1.807) is 0 Å². The SMILES string of the molecule is CC(C)(C)C(CN)N1CCC2(CC1)OCCO2. The van der Waals surface area contributed by atoms with Crippen LogP contribution in [0.3, 0.4) is 0 Å².